The molecule has 0 saturated carbocycles. The normalized spacial score (nSPS) is 27.5. The molecule has 4 atom stereocenters. The summed E-state index contributed by atoms with van der Waals surface area (Å²) in [5.74, 6) is -0.899. The van der Waals surface area contributed by atoms with Crippen LogP contribution in [-0.4, -0.2) is 50.7 Å². The molecule has 1 aromatic carbocycles. The maximum atomic E-state index is 13.5. The van der Waals surface area contributed by atoms with E-state index in [4.69, 9.17) is 14.2 Å². The van der Waals surface area contributed by atoms with Crippen molar-refractivity contribution in [1.82, 2.24) is 14.5 Å². The molecule has 3 aromatic rings. The fourth-order valence-electron chi connectivity index (χ4n) is 4.32. The van der Waals surface area contributed by atoms with Gasteiger partial charge in [-0.25, -0.2) is 9.97 Å². The standard InChI is InChI=1S/C22H23N3O4S/c1-12-13-9-10-25(20(13)24-11-23-12)21-19-18(28-22(2,3)29-19)17(27-21)16(26)14-7-5-6-8-15(14)30-4/h5-11,17-19,21H,1-4H3/t17-,18-,19-,21-/m1/s1. The molecule has 0 bridgehead atoms. The van der Waals surface area contributed by atoms with Crippen LogP contribution in [0.4, 0.5) is 0 Å². The number of benzene rings is 1. The number of thioether (sulfide) groups is 1. The molecule has 0 radical (unpaired) electrons. The van der Waals surface area contributed by atoms with Crippen LogP contribution >= 0.6 is 11.8 Å². The zero-order valence-corrected chi connectivity index (χ0v) is 18.1. The van der Waals surface area contributed by atoms with Crippen LogP contribution in [0, 0.1) is 6.92 Å². The topological polar surface area (TPSA) is 75.5 Å². The number of Topliss-reactive ketones (excluding diaryl/α,β-unsaturated/α-hetero) is 1. The van der Waals surface area contributed by atoms with Gasteiger partial charge in [-0.1, -0.05) is 18.2 Å². The summed E-state index contributed by atoms with van der Waals surface area (Å²) in [7, 11) is 0. The van der Waals surface area contributed by atoms with Crippen molar-refractivity contribution in [2.75, 3.05) is 6.26 Å². The number of rotatable bonds is 4. The molecular formula is C22H23N3O4S. The molecular weight excluding hydrogens is 402 g/mol. The summed E-state index contributed by atoms with van der Waals surface area (Å²) in [6.07, 6.45) is 3.17. The molecule has 156 valence electrons. The van der Waals surface area contributed by atoms with Gasteiger partial charge >= 0.3 is 0 Å². The zero-order chi connectivity index (χ0) is 21.0. The van der Waals surface area contributed by atoms with E-state index >= 15 is 0 Å². The highest BCUT2D eigenvalue weighted by atomic mass is 32.2. The summed E-state index contributed by atoms with van der Waals surface area (Å²) in [5.41, 5.74) is 2.27. The summed E-state index contributed by atoms with van der Waals surface area (Å²) >= 11 is 1.54. The Morgan fingerprint density at radius 3 is 2.70 bits per heavy atom. The summed E-state index contributed by atoms with van der Waals surface area (Å²) in [5, 5.41) is 0.943. The average Bonchev–Trinajstić information content (AvgIpc) is 3.38. The molecule has 7 nitrogen and oxygen atoms in total. The van der Waals surface area contributed by atoms with Crippen molar-refractivity contribution in [2.45, 2.75) is 56.0 Å². The van der Waals surface area contributed by atoms with Gasteiger partial charge in [-0.05, 0) is 39.2 Å². The Morgan fingerprint density at radius 1 is 1.13 bits per heavy atom. The molecule has 2 saturated heterocycles. The van der Waals surface area contributed by atoms with Crippen molar-refractivity contribution in [3.63, 3.8) is 0 Å². The summed E-state index contributed by atoms with van der Waals surface area (Å²) in [6.45, 7) is 5.66. The Labute approximate surface area is 178 Å². The minimum atomic E-state index is -0.803. The first kappa shape index (κ1) is 19.7. The van der Waals surface area contributed by atoms with Crippen LogP contribution in [0.2, 0.25) is 0 Å². The van der Waals surface area contributed by atoms with E-state index in [0.29, 0.717) is 5.56 Å². The van der Waals surface area contributed by atoms with E-state index in [1.54, 1.807) is 0 Å². The van der Waals surface area contributed by atoms with Gasteiger partial charge in [-0.2, -0.15) is 0 Å². The van der Waals surface area contributed by atoms with Crippen LogP contribution in [0.5, 0.6) is 0 Å². The van der Waals surface area contributed by atoms with Gasteiger partial charge in [0, 0.05) is 22.0 Å². The fraction of sp³-hybridized carbons (Fsp3) is 0.409. The second-order valence-electron chi connectivity index (χ2n) is 8.00. The van der Waals surface area contributed by atoms with Gasteiger partial charge in [-0.15, -0.1) is 11.8 Å². The van der Waals surface area contributed by atoms with Crippen molar-refractivity contribution in [3.05, 3.63) is 54.1 Å². The lowest BCUT2D eigenvalue weighted by Gasteiger charge is -2.25. The molecule has 2 aliphatic rings. The minimum Gasteiger partial charge on any atom is -0.341 e. The zero-order valence-electron chi connectivity index (χ0n) is 17.2. The molecule has 4 heterocycles. The first-order chi connectivity index (χ1) is 14.4. The minimum absolute atomic E-state index is 0.0963. The number of carbonyl (C=O) groups excluding carboxylic acids is 1. The molecule has 0 spiro atoms. The van der Waals surface area contributed by atoms with Crippen LogP contribution in [0.15, 0.2) is 47.8 Å². The highest BCUT2D eigenvalue weighted by Gasteiger charge is 2.58. The van der Waals surface area contributed by atoms with Crippen molar-refractivity contribution in [2.24, 2.45) is 0 Å². The van der Waals surface area contributed by atoms with E-state index in [9.17, 15) is 4.79 Å². The first-order valence-corrected chi connectivity index (χ1v) is 11.1. The van der Waals surface area contributed by atoms with Crippen LogP contribution in [-0.2, 0) is 14.2 Å². The summed E-state index contributed by atoms with van der Waals surface area (Å²) in [6, 6.07) is 9.53. The maximum Gasteiger partial charge on any atom is 0.195 e. The highest BCUT2D eigenvalue weighted by Crippen LogP contribution is 2.45. The van der Waals surface area contributed by atoms with Crippen LogP contribution in [0.3, 0.4) is 0 Å². The third-order valence-electron chi connectivity index (χ3n) is 5.64. The molecule has 0 unspecified atom stereocenters. The van der Waals surface area contributed by atoms with E-state index in [-0.39, 0.29) is 5.78 Å². The van der Waals surface area contributed by atoms with E-state index in [2.05, 4.69) is 9.97 Å². The lowest BCUT2D eigenvalue weighted by atomic mass is 10.0. The Morgan fingerprint density at radius 2 is 1.90 bits per heavy atom. The largest absolute Gasteiger partial charge is 0.341 e. The molecule has 2 aromatic heterocycles. The second-order valence-corrected chi connectivity index (χ2v) is 8.84. The molecule has 0 amide bonds. The molecule has 2 fully saturated rings. The van der Waals surface area contributed by atoms with Crippen molar-refractivity contribution >= 4 is 28.6 Å². The van der Waals surface area contributed by atoms with Crippen LogP contribution < -0.4 is 0 Å². The number of carbonyl (C=O) groups is 1. The van der Waals surface area contributed by atoms with E-state index < -0.39 is 30.3 Å². The van der Waals surface area contributed by atoms with Gasteiger partial charge in [0.1, 0.15) is 24.2 Å². The van der Waals surface area contributed by atoms with Gasteiger partial charge in [0.2, 0.25) is 0 Å². The molecule has 0 N–H and O–H groups in total. The quantitative estimate of drug-likeness (QED) is 0.465. The molecule has 30 heavy (non-hydrogen) atoms. The van der Waals surface area contributed by atoms with Crippen molar-refractivity contribution in [1.29, 1.82) is 0 Å². The van der Waals surface area contributed by atoms with Crippen molar-refractivity contribution in [3.8, 4) is 0 Å². The number of aromatic nitrogens is 3. The van der Waals surface area contributed by atoms with E-state index in [1.165, 1.54) is 18.1 Å². The predicted octanol–water partition coefficient (Wildman–Crippen LogP) is 3.76. The van der Waals surface area contributed by atoms with Gasteiger partial charge in [0.15, 0.2) is 23.9 Å². The third kappa shape index (κ3) is 3.06. The monoisotopic (exact) mass is 425 g/mol. The predicted molar refractivity (Wildman–Crippen MR) is 113 cm³/mol. The van der Waals surface area contributed by atoms with Crippen molar-refractivity contribution < 1.29 is 19.0 Å². The Bertz CT molecular complexity index is 1130. The number of aryl methyl sites for hydroxylation is 1. The smallest absolute Gasteiger partial charge is 0.195 e. The SMILES string of the molecule is CSc1ccccc1C(=O)[C@H]1O[C@@H](n2ccc3c(C)ncnc32)[C@@H]2OC(C)(C)O[C@@H]21. The van der Waals surface area contributed by atoms with E-state index in [1.807, 2.05) is 68.1 Å². The van der Waals surface area contributed by atoms with Crippen LogP contribution in [0.25, 0.3) is 11.0 Å². The number of ether oxygens (including phenoxy) is 3. The fourth-order valence-corrected chi connectivity index (χ4v) is 4.92. The van der Waals surface area contributed by atoms with Gasteiger partial charge in [0.25, 0.3) is 0 Å². The van der Waals surface area contributed by atoms with E-state index in [0.717, 1.165) is 21.6 Å². The second kappa shape index (κ2) is 7.16. The first-order valence-electron chi connectivity index (χ1n) is 9.86. The molecule has 0 aliphatic carbocycles. The average molecular weight is 426 g/mol. The number of fused-ring (bicyclic) bond motifs is 2. The molecule has 8 heteroatoms. The number of hydrogen-bond acceptors (Lipinski definition) is 7. The van der Waals surface area contributed by atoms with Gasteiger partial charge in [0.05, 0.1) is 5.69 Å². The Balaban J connectivity index is 1.56. The maximum absolute atomic E-state index is 13.5. The third-order valence-corrected chi connectivity index (χ3v) is 6.44. The van der Waals surface area contributed by atoms with Crippen LogP contribution in [0.1, 0.15) is 36.1 Å². The summed E-state index contributed by atoms with van der Waals surface area (Å²) in [4.78, 5) is 23.1. The highest BCUT2D eigenvalue weighted by molar-refractivity contribution is 7.98. The molecule has 2 aliphatic heterocycles. The Hall–Kier alpha value is -2.26. The number of hydrogen-bond donors (Lipinski definition) is 0. The Kier molecular flexibility index (Phi) is 4.70. The number of ketones is 1. The lowest BCUT2D eigenvalue weighted by Crippen LogP contribution is -2.36. The lowest BCUT2D eigenvalue weighted by molar-refractivity contribution is -0.190. The van der Waals surface area contributed by atoms with Gasteiger partial charge < -0.3 is 18.8 Å². The summed E-state index contributed by atoms with van der Waals surface area (Å²) < 4.78 is 20.6. The molecule has 5 rings (SSSR count). The van der Waals surface area contributed by atoms with Gasteiger partial charge in [-0.3, -0.25) is 4.79 Å². The number of nitrogens with zero attached hydrogens (tertiary/aromatic N) is 3.